The second kappa shape index (κ2) is 8.30. The fourth-order valence-electron chi connectivity index (χ4n) is 3.18. The maximum atomic E-state index is 13.6. The number of ether oxygens (including phenoxy) is 1. The number of hydrogen-bond acceptors (Lipinski definition) is 5. The molecule has 0 fully saturated rings. The van der Waals surface area contributed by atoms with Crippen LogP contribution >= 0.6 is 0 Å². The number of rotatable bonds is 7. The Kier molecular flexibility index (Phi) is 5.99. The number of aromatic nitrogens is 3. The third-order valence-electron chi connectivity index (χ3n) is 4.57. The summed E-state index contributed by atoms with van der Waals surface area (Å²) < 4.78 is 42.9. The number of halogens is 1. The second-order valence-electron chi connectivity index (χ2n) is 7.00. The van der Waals surface area contributed by atoms with Crippen LogP contribution in [0.2, 0.25) is 0 Å². The average molecular weight is 418 g/mol. The van der Waals surface area contributed by atoms with Crippen LogP contribution in [-0.4, -0.2) is 29.8 Å². The first-order valence-electron chi connectivity index (χ1n) is 9.11. The Hall–Kier alpha value is -2.78. The Morgan fingerprint density at radius 3 is 2.69 bits per heavy atom. The molecule has 0 aliphatic rings. The van der Waals surface area contributed by atoms with Crippen LogP contribution in [0, 0.1) is 12.7 Å². The van der Waals surface area contributed by atoms with Gasteiger partial charge in [0.05, 0.1) is 12.7 Å². The summed E-state index contributed by atoms with van der Waals surface area (Å²) in [7, 11) is -4.20. The number of nitrogens with zero attached hydrogens (tertiary/aromatic N) is 3. The van der Waals surface area contributed by atoms with Gasteiger partial charge in [-0.05, 0) is 41.2 Å². The van der Waals surface area contributed by atoms with Gasteiger partial charge in [-0.25, -0.2) is 22.9 Å². The molecule has 0 unspecified atom stereocenters. The lowest BCUT2D eigenvalue weighted by atomic mass is 9.91. The standard InChI is InChI=1S/C20H23FN4O3S/c1-13(2)16-5-4-6-17(14(16)3)15-7-8-23-19(11-15)28-10-9-25-12-18(21)20(24-25)29(22,26)27/h4-8,11-13H,9-10H2,1-3H3,(H2,22,26,27). The van der Waals surface area contributed by atoms with Gasteiger partial charge in [0.15, 0.2) is 5.82 Å². The van der Waals surface area contributed by atoms with E-state index in [1.165, 1.54) is 11.1 Å². The predicted octanol–water partition coefficient (Wildman–Crippen LogP) is 3.24. The van der Waals surface area contributed by atoms with Crippen molar-refractivity contribution in [1.82, 2.24) is 14.8 Å². The highest BCUT2D eigenvalue weighted by molar-refractivity contribution is 7.89. The first-order valence-corrected chi connectivity index (χ1v) is 10.7. The molecule has 0 aliphatic heterocycles. The molecule has 0 radical (unpaired) electrons. The lowest BCUT2D eigenvalue weighted by molar-refractivity contribution is 0.280. The van der Waals surface area contributed by atoms with Crippen molar-refractivity contribution in [3.63, 3.8) is 0 Å². The van der Waals surface area contributed by atoms with Gasteiger partial charge in [-0.15, -0.1) is 0 Å². The van der Waals surface area contributed by atoms with Crippen LogP contribution < -0.4 is 9.88 Å². The third-order valence-corrected chi connectivity index (χ3v) is 5.38. The second-order valence-corrected chi connectivity index (χ2v) is 8.47. The summed E-state index contributed by atoms with van der Waals surface area (Å²) in [5.41, 5.74) is 4.59. The zero-order valence-corrected chi connectivity index (χ0v) is 17.3. The minimum absolute atomic E-state index is 0.132. The van der Waals surface area contributed by atoms with Gasteiger partial charge in [-0.1, -0.05) is 32.0 Å². The van der Waals surface area contributed by atoms with E-state index in [2.05, 4.69) is 43.0 Å². The molecule has 7 nitrogen and oxygen atoms in total. The van der Waals surface area contributed by atoms with E-state index in [-0.39, 0.29) is 13.2 Å². The minimum Gasteiger partial charge on any atom is -0.476 e. The van der Waals surface area contributed by atoms with Crippen molar-refractivity contribution >= 4 is 10.0 Å². The molecule has 0 saturated heterocycles. The van der Waals surface area contributed by atoms with Gasteiger partial charge < -0.3 is 4.74 Å². The van der Waals surface area contributed by atoms with Crippen LogP contribution in [0.15, 0.2) is 47.8 Å². The molecule has 2 heterocycles. The summed E-state index contributed by atoms with van der Waals surface area (Å²) in [5, 5.41) is 7.78. The van der Waals surface area contributed by atoms with Crippen LogP contribution in [-0.2, 0) is 16.6 Å². The molecule has 3 aromatic rings. The van der Waals surface area contributed by atoms with Crippen molar-refractivity contribution < 1.29 is 17.5 Å². The van der Waals surface area contributed by atoms with Crippen molar-refractivity contribution in [1.29, 1.82) is 0 Å². The molecular weight excluding hydrogens is 395 g/mol. The first kappa shape index (κ1) is 20.9. The molecule has 0 bridgehead atoms. The summed E-state index contributed by atoms with van der Waals surface area (Å²) >= 11 is 0. The van der Waals surface area contributed by atoms with Crippen LogP contribution in [0.25, 0.3) is 11.1 Å². The van der Waals surface area contributed by atoms with Crippen LogP contribution in [0.3, 0.4) is 0 Å². The van der Waals surface area contributed by atoms with Crippen molar-refractivity contribution in [2.45, 2.75) is 38.3 Å². The number of benzene rings is 1. The smallest absolute Gasteiger partial charge is 0.260 e. The molecule has 1 aromatic carbocycles. The molecule has 2 aromatic heterocycles. The maximum absolute atomic E-state index is 13.6. The van der Waals surface area contributed by atoms with Crippen molar-refractivity contribution in [2.75, 3.05) is 6.61 Å². The number of pyridine rings is 1. The summed E-state index contributed by atoms with van der Waals surface area (Å²) in [6, 6.07) is 9.98. The monoisotopic (exact) mass is 418 g/mol. The topological polar surface area (TPSA) is 100 Å². The fourth-order valence-corrected chi connectivity index (χ4v) is 3.72. The van der Waals surface area contributed by atoms with E-state index in [0.717, 1.165) is 22.0 Å². The van der Waals surface area contributed by atoms with Gasteiger partial charge in [-0.2, -0.15) is 5.10 Å². The van der Waals surface area contributed by atoms with Crippen molar-refractivity contribution in [3.05, 3.63) is 59.7 Å². The lowest BCUT2D eigenvalue weighted by Crippen LogP contribution is -2.15. The zero-order valence-electron chi connectivity index (χ0n) is 16.5. The molecule has 154 valence electrons. The number of nitrogens with two attached hydrogens (primary N) is 1. The Labute approximate surface area is 169 Å². The quantitative estimate of drug-likeness (QED) is 0.635. The Morgan fingerprint density at radius 2 is 2.03 bits per heavy atom. The summed E-state index contributed by atoms with van der Waals surface area (Å²) in [6.45, 7) is 6.69. The number of hydrogen-bond donors (Lipinski definition) is 1. The molecule has 3 rings (SSSR count). The predicted molar refractivity (Wildman–Crippen MR) is 108 cm³/mol. The van der Waals surface area contributed by atoms with Gasteiger partial charge in [0.25, 0.3) is 10.0 Å². The minimum atomic E-state index is -4.20. The SMILES string of the molecule is Cc1c(-c2ccnc(OCCn3cc(F)c(S(N)(=O)=O)n3)c2)cccc1C(C)C. The molecule has 9 heteroatoms. The van der Waals surface area contributed by atoms with Gasteiger partial charge in [0.1, 0.15) is 6.61 Å². The highest BCUT2D eigenvalue weighted by atomic mass is 32.2. The van der Waals surface area contributed by atoms with E-state index in [9.17, 15) is 12.8 Å². The molecule has 0 aliphatic carbocycles. The zero-order chi connectivity index (χ0) is 21.2. The first-order chi connectivity index (χ1) is 13.7. The maximum Gasteiger partial charge on any atom is 0.260 e. The molecule has 2 N–H and O–H groups in total. The fraction of sp³-hybridized carbons (Fsp3) is 0.300. The van der Waals surface area contributed by atoms with Crippen molar-refractivity contribution in [2.24, 2.45) is 5.14 Å². The number of primary sulfonamides is 1. The molecule has 29 heavy (non-hydrogen) atoms. The summed E-state index contributed by atoms with van der Waals surface area (Å²) in [5.74, 6) is -0.159. The van der Waals surface area contributed by atoms with Crippen LogP contribution in [0.5, 0.6) is 5.88 Å². The van der Waals surface area contributed by atoms with Gasteiger partial charge in [-0.3, -0.25) is 4.68 Å². The molecule has 0 spiro atoms. The largest absolute Gasteiger partial charge is 0.476 e. The molecule has 0 atom stereocenters. The molecular formula is C20H23FN4O3S. The normalized spacial score (nSPS) is 11.8. The molecule has 0 saturated carbocycles. The summed E-state index contributed by atoms with van der Waals surface area (Å²) in [4.78, 5) is 4.20. The van der Waals surface area contributed by atoms with E-state index in [1.54, 1.807) is 6.20 Å². The highest BCUT2D eigenvalue weighted by Gasteiger charge is 2.19. The lowest BCUT2D eigenvalue weighted by Gasteiger charge is -2.14. The van der Waals surface area contributed by atoms with E-state index in [4.69, 9.17) is 9.88 Å². The van der Waals surface area contributed by atoms with E-state index >= 15 is 0 Å². The Balaban J connectivity index is 1.73. The Bertz CT molecular complexity index is 1130. The van der Waals surface area contributed by atoms with Crippen molar-refractivity contribution in [3.8, 4) is 17.0 Å². The third kappa shape index (κ3) is 4.80. The summed E-state index contributed by atoms with van der Waals surface area (Å²) in [6.07, 6.45) is 2.63. The van der Waals surface area contributed by atoms with Crippen LogP contribution in [0.1, 0.15) is 30.9 Å². The van der Waals surface area contributed by atoms with Gasteiger partial charge >= 0.3 is 0 Å². The van der Waals surface area contributed by atoms with Gasteiger partial charge in [0, 0.05) is 12.3 Å². The Morgan fingerprint density at radius 1 is 1.28 bits per heavy atom. The molecule has 0 amide bonds. The van der Waals surface area contributed by atoms with Crippen LogP contribution in [0.4, 0.5) is 4.39 Å². The van der Waals surface area contributed by atoms with E-state index < -0.39 is 20.9 Å². The van der Waals surface area contributed by atoms with Gasteiger partial charge in [0.2, 0.25) is 10.9 Å². The average Bonchev–Trinajstić information content (AvgIpc) is 3.03. The number of sulfonamides is 1. The van der Waals surface area contributed by atoms with E-state index in [0.29, 0.717) is 11.8 Å². The van der Waals surface area contributed by atoms with E-state index in [1.807, 2.05) is 18.2 Å². The highest BCUT2D eigenvalue weighted by Crippen LogP contribution is 2.30.